The summed E-state index contributed by atoms with van der Waals surface area (Å²) < 4.78 is 10.5. The van der Waals surface area contributed by atoms with Gasteiger partial charge in [0.25, 0.3) is 5.91 Å². The molecule has 1 atom stereocenters. The molecule has 0 bridgehead atoms. The number of rotatable bonds is 4. The van der Waals surface area contributed by atoms with E-state index in [1.165, 1.54) is 0 Å². The summed E-state index contributed by atoms with van der Waals surface area (Å²) in [7, 11) is 0. The average molecular weight is 256 g/mol. The highest BCUT2D eigenvalue weighted by Gasteiger charge is 2.24. The number of hydrogen-bond donors (Lipinski definition) is 1. The van der Waals surface area contributed by atoms with E-state index < -0.39 is 6.10 Å². The molecule has 5 heteroatoms. The number of benzene rings is 1. The van der Waals surface area contributed by atoms with Crippen LogP contribution < -0.4 is 5.32 Å². The average Bonchev–Trinajstić information content (AvgIpc) is 2.26. The summed E-state index contributed by atoms with van der Waals surface area (Å²) in [5.41, 5.74) is 0.708. The SMILES string of the molecule is CC(OC1COC1)C(=O)Nc1ccc(Cl)cc1. The van der Waals surface area contributed by atoms with E-state index in [-0.39, 0.29) is 12.0 Å². The van der Waals surface area contributed by atoms with Crippen LogP contribution in [0.5, 0.6) is 0 Å². The molecule has 1 aromatic rings. The van der Waals surface area contributed by atoms with Gasteiger partial charge >= 0.3 is 0 Å². The van der Waals surface area contributed by atoms with Gasteiger partial charge in [-0.2, -0.15) is 0 Å². The highest BCUT2D eigenvalue weighted by Crippen LogP contribution is 2.15. The van der Waals surface area contributed by atoms with Crippen LogP contribution in [0.15, 0.2) is 24.3 Å². The minimum Gasteiger partial charge on any atom is -0.376 e. The van der Waals surface area contributed by atoms with Crippen LogP contribution in [0, 0.1) is 0 Å². The van der Waals surface area contributed by atoms with Crippen molar-refractivity contribution in [2.75, 3.05) is 18.5 Å². The van der Waals surface area contributed by atoms with Crippen LogP contribution in [0.1, 0.15) is 6.92 Å². The van der Waals surface area contributed by atoms with Gasteiger partial charge in [-0.1, -0.05) is 11.6 Å². The summed E-state index contributed by atoms with van der Waals surface area (Å²) in [6, 6.07) is 6.95. The molecular weight excluding hydrogens is 242 g/mol. The Bertz CT molecular complexity index is 389. The molecule has 0 radical (unpaired) electrons. The lowest BCUT2D eigenvalue weighted by molar-refractivity contribution is -0.161. The minimum absolute atomic E-state index is 0.0426. The maximum Gasteiger partial charge on any atom is 0.253 e. The molecule has 1 N–H and O–H groups in total. The maximum absolute atomic E-state index is 11.8. The Labute approximate surface area is 105 Å². The molecule has 1 aromatic carbocycles. The predicted molar refractivity (Wildman–Crippen MR) is 65.2 cm³/mol. The van der Waals surface area contributed by atoms with Crippen molar-refractivity contribution in [3.8, 4) is 0 Å². The molecule has 0 aromatic heterocycles. The number of amides is 1. The Kier molecular flexibility index (Phi) is 3.99. The standard InChI is InChI=1S/C12H14ClNO3/c1-8(17-11-6-16-7-11)12(15)14-10-4-2-9(13)3-5-10/h2-5,8,11H,6-7H2,1H3,(H,14,15). The van der Waals surface area contributed by atoms with Gasteiger partial charge in [0.2, 0.25) is 0 Å². The van der Waals surface area contributed by atoms with Gasteiger partial charge in [0, 0.05) is 10.7 Å². The fraction of sp³-hybridized carbons (Fsp3) is 0.417. The van der Waals surface area contributed by atoms with E-state index in [4.69, 9.17) is 21.1 Å². The molecule has 4 nitrogen and oxygen atoms in total. The van der Waals surface area contributed by atoms with Gasteiger partial charge in [0.05, 0.1) is 13.2 Å². The normalized spacial score (nSPS) is 17.3. The van der Waals surface area contributed by atoms with Crippen LogP contribution >= 0.6 is 11.6 Å². The van der Waals surface area contributed by atoms with E-state index in [0.717, 1.165) is 0 Å². The number of nitrogens with one attached hydrogen (secondary N) is 1. The Hall–Kier alpha value is -1.10. The topological polar surface area (TPSA) is 47.6 Å². The molecule has 1 aliphatic heterocycles. The smallest absolute Gasteiger partial charge is 0.253 e. The molecule has 2 rings (SSSR count). The van der Waals surface area contributed by atoms with Crippen LogP contribution in [0.25, 0.3) is 0 Å². The summed E-state index contributed by atoms with van der Waals surface area (Å²) in [6.45, 7) is 2.86. The lowest BCUT2D eigenvalue weighted by Gasteiger charge is -2.28. The zero-order chi connectivity index (χ0) is 12.3. The van der Waals surface area contributed by atoms with Gasteiger partial charge in [0.1, 0.15) is 12.2 Å². The second-order valence-electron chi connectivity index (χ2n) is 3.93. The van der Waals surface area contributed by atoms with E-state index in [1.54, 1.807) is 31.2 Å². The van der Waals surface area contributed by atoms with E-state index in [2.05, 4.69) is 5.32 Å². The van der Waals surface area contributed by atoms with Gasteiger partial charge in [-0.05, 0) is 31.2 Å². The van der Waals surface area contributed by atoms with Gasteiger partial charge < -0.3 is 14.8 Å². The minimum atomic E-state index is -0.487. The monoisotopic (exact) mass is 255 g/mol. The molecule has 0 spiro atoms. The Morgan fingerprint density at radius 2 is 2.12 bits per heavy atom. The number of hydrogen-bond acceptors (Lipinski definition) is 3. The van der Waals surface area contributed by atoms with Crippen molar-refractivity contribution >= 4 is 23.2 Å². The van der Waals surface area contributed by atoms with Gasteiger partial charge in [-0.3, -0.25) is 4.79 Å². The molecular formula is C12H14ClNO3. The molecule has 1 amide bonds. The van der Waals surface area contributed by atoms with Gasteiger partial charge in [-0.15, -0.1) is 0 Å². The Morgan fingerprint density at radius 1 is 1.47 bits per heavy atom. The van der Waals surface area contributed by atoms with Crippen molar-refractivity contribution in [3.05, 3.63) is 29.3 Å². The zero-order valence-electron chi connectivity index (χ0n) is 9.48. The summed E-state index contributed by atoms with van der Waals surface area (Å²) in [5.74, 6) is -0.167. The molecule has 17 heavy (non-hydrogen) atoms. The van der Waals surface area contributed by atoms with Crippen LogP contribution in [0.4, 0.5) is 5.69 Å². The van der Waals surface area contributed by atoms with E-state index in [9.17, 15) is 4.79 Å². The molecule has 1 unspecified atom stereocenters. The van der Waals surface area contributed by atoms with E-state index in [1.807, 2.05) is 0 Å². The Morgan fingerprint density at radius 3 is 2.65 bits per heavy atom. The molecule has 1 aliphatic rings. The van der Waals surface area contributed by atoms with Crippen LogP contribution in [-0.4, -0.2) is 31.3 Å². The lowest BCUT2D eigenvalue weighted by atomic mass is 10.2. The summed E-state index contributed by atoms with van der Waals surface area (Å²) in [5, 5.41) is 3.40. The molecule has 1 fully saturated rings. The van der Waals surface area contributed by atoms with Crippen molar-refractivity contribution in [1.29, 1.82) is 0 Å². The maximum atomic E-state index is 11.8. The first-order valence-electron chi connectivity index (χ1n) is 5.45. The number of carbonyl (C=O) groups excluding carboxylic acids is 1. The van der Waals surface area contributed by atoms with Crippen molar-refractivity contribution in [2.45, 2.75) is 19.1 Å². The fourth-order valence-electron chi connectivity index (χ4n) is 1.42. The molecule has 0 saturated carbocycles. The van der Waals surface area contributed by atoms with Crippen molar-refractivity contribution < 1.29 is 14.3 Å². The van der Waals surface area contributed by atoms with E-state index >= 15 is 0 Å². The first-order valence-corrected chi connectivity index (χ1v) is 5.82. The molecule has 1 heterocycles. The summed E-state index contributed by atoms with van der Waals surface area (Å²) in [6.07, 6.45) is -0.444. The third kappa shape index (κ3) is 3.43. The Balaban J connectivity index is 1.84. The van der Waals surface area contributed by atoms with Crippen LogP contribution in [0.3, 0.4) is 0 Å². The van der Waals surface area contributed by atoms with Crippen molar-refractivity contribution in [2.24, 2.45) is 0 Å². The number of anilines is 1. The van der Waals surface area contributed by atoms with E-state index in [0.29, 0.717) is 23.9 Å². The number of carbonyl (C=O) groups is 1. The highest BCUT2D eigenvalue weighted by atomic mass is 35.5. The molecule has 1 saturated heterocycles. The van der Waals surface area contributed by atoms with Gasteiger partial charge in [0.15, 0.2) is 0 Å². The lowest BCUT2D eigenvalue weighted by Crippen LogP contribution is -2.41. The largest absolute Gasteiger partial charge is 0.376 e. The highest BCUT2D eigenvalue weighted by molar-refractivity contribution is 6.30. The quantitative estimate of drug-likeness (QED) is 0.896. The zero-order valence-corrected chi connectivity index (χ0v) is 10.2. The third-order valence-electron chi connectivity index (χ3n) is 2.49. The van der Waals surface area contributed by atoms with Crippen molar-refractivity contribution in [1.82, 2.24) is 0 Å². The first-order chi connectivity index (χ1) is 8.15. The molecule has 92 valence electrons. The number of ether oxygens (including phenoxy) is 2. The number of halogens is 1. The fourth-order valence-corrected chi connectivity index (χ4v) is 1.55. The summed E-state index contributed by atoms with van der Waals surface area (Å²) >= 11 is 5.75. The second kappa shape index (κ2) is 5.49. The molecule has 0 aliphatic carbocycles. The predicted octanol–water partition coefficient (Wildman–Crippen LogP) is 2.08. The van der Waals surface area contributed by atoms with Crippen molar-refractivity contribution in [3.63, 3.8) is 0 Å². The van der Waals surface area contributed by atoms with Gasteiger partial charge in [-0.25, -0.2) is 0 Å². The first kappa shape index (κ1) is 12.4. The third-order valence-corrected chi connectivity index (χ3v) is 2.74. The second-order valence-corrected chi connectivity index (χ2v) is 4.37. The summed E-state index contributed by atoms with van der Waals surface area (Å²) in [4.78, 5) is 11.8. The van der Waals surface area contributed by atoms with Crippen LogP contribution in [0.2, 0.25) is 5.02 Å². The van der Waals surface area contributed by atoms with Crippen LogP contribution in [-0.2, 0) is 14.3 Å².